The number of nitrogens with two attached hydrogens (primary N) is 2. The van der Waals surface area contributed by atoms with Crippen molar-refractivity contribution in [3.8, 4) is 0 Å². The van der Waals surface area contributed by atoms with Crippen LogP contribution in [0.5, 0.6) is 0 Å². The molecule has 0 radical (unpaired) electrons. The topological polar surface area (TPSA) is 189 Å². The third kappa shape index (κ3) is 6.84. The average molecular weight is 601 g/mol. The SMILES string of the molecule is COC(=O)C(C1CCCN(C(=O)CC(C)(NS(=O)(=O)c2ccc3ccccc3c2)C(N)=O)C1)[C@@H]1CCCN(C(=N)N)C1. The summed E-state index contributed by atoms with van der Waals surface area (Å²) in [6.07, 6.45) is 2.39. The number of sulfonamides is 1. The summed E-state index contributed by atoms with van der Waals surface area (Å²) in [7, 11) is -2.87. The second-order valence-electron chi connectivity index (χ2n) is 11.5. The highest BCUT2D eigenvalue weighted by molar-refractivity contribution is 7.89. The predicted octanol–water partition coefficient (Wildman–Crippen LogP) is 1.39. The minimum Gasteiger partial charge on any atom is -0.469 e. The number of carbonyl (C=O) groups excluding carboxylic acids is 3. The first-order valence-corrected chi connectivity index (χ1v) is 15.6. The summed E-state index contributed by atoms with van der Waals surface area (Å²) in [5, 5.41) is 9.39. The lowest BCUT2D eigenvalue weighted by molar-refractivity contribution is -0.153. The lowest BCUT2D eigenvalue weighted by atomic mass is 9.74. The summed E-state index contributed by atoms with van der Waals surface area (Å²) in [4.78, 5) is 42.4. The van der Waals surface area contributed by atoms with E-state index in [0.29, 0.717) is 37.9 Å². The number of nitrogens with one attached hydrogen (secondary N) is 2. The average Bonchev–Trinajstić information content (AvgIpc) is 2.96. The normalized spacial score (nSPS) is 21.8. The van der Waals surface area contributed by atoms with Crippen LogP contribution in [0.25, 0.3) is 10.8 Å². The van der Waals surface area contributed by atoms with Crippen molar-refractivity contribution in [3.05, 3.63) is 42.5 Å². The maximum Gasteiger partial charge on any atom is 0.309 e. The molecule has 2 saturated heterocycles. The van der Waals surface area contributed by atoms with Crippen LogP contribution < -0.4 is 16.2 Å². The fourth-order valence-corrected chi connectivity index (χ4v) is 7.65. The standard InChI is InChI=1S/C29H40N6O6S/c1-29(27(30)38,33-42(39,40)23-12-11-19-7-3-4-8-20(19)15-23)16-24(36)34-13-5-9-21(17-34)25(26(37)41-2)22-10-6-14-35(18-22)28(31)32/h3-4,7-8,11-12,15,21-22,25,33H,5-6,9-10,13-14,16-18H2,1-2H3,(H2,30,38)(H3,31,32)/t21?,22-,25?,29?/m1/s1. The van der Waals surface area contributed by atoms with E-state index in [0.717, 1.165) is 18.2 Å². The Balaban J connectivity index is 1.50. The highest BCUT2D eigenvalue weighted by atomic mass is 32.2. The van der Waals surface area contributed by atoms with Crippen LogP contribution in [0.15, 0.2) is 47.4 Å². The molecule has 2 heterocycles. The molecule has 12 nitrogen and oxygen atoms in total. The lowest BCUT2D eigenvalue weighted by Gasteiger charge is -2.42. The van der Waals surface area contributed by atoms with Crippen molar-refractivity contribution in [1.29, 1.82) is 5.41 Å². The van der Waals surface area contributed by atoms with Gasteiger partial charge in [0, 0.05) is 26.2 Å². The van der Waals surface area contributed by atoms with E-state index < -0.39 is 39.7 Å². The van der Waals surface area contributed by atoms with Crippen LogP contribution in [0.4, 0.5) is 0 Å². The molecular formula is C29H40N6O6S. The first-order valence-electron chi connectivity index (χ1n) is 14.1. The number of carbonyl (C=O) groups is 3. The Morgan fingerprint density at radius 3 is 2.21 bits per heavy atom. The summed E-state index contributed by atoms with van der Waals surface area (Å²) in [6.45, 7) is 3.07. The van der Waals surface area contributed by atoms with Crippen molar-refractivity contribution in [2.24, 2.45) is 29.2 Å². The molecule has 4 rings (SSSR count). The largest absolute Gasteiger partial charge is 0.469 e. The Bertz CT molecular complexity index is 1470. The number of primary amides is 1. The molecule has 13 heteroatoms. The second kappa shape index (κ2) is 12.7. The fraction of sp³-hybridized carbons (Fsp3) is 0.517. The number of esters is 1. The van der Waals surface area contributed by atoms with Crippen LogP contribution in [0.1, 0.15) is 39.0 Å². The van der Waals surface area contributed by atoms with Gasteiger partial charge in [-0.15, -0.1) is 0 Å². The van der Waals surface area contributed by atoms with Gasteiger partial charge in [-0.3, -0.25) is 19.8 Å². The van der Waals surface area contributed by atoms with E-state index in [1.165, 1.54) is 26.2 Å². The number of methoxy groups -OCH3 is 1. The zero-order chi connectivity index (χ0) is 30.7. The van der Waals surface area contributed by atoms with Gasteiger partial charge in [-0.2, -0.15) is 4.72 Å². The number of ether oxygens (including phenoxy) is 1. The maximum absolute atomic E-state index is 13.6. The van der Waals surface area contributed by atoms with Crippen LogP contribution in [0.2, 0.25) is 0 Å². The van der Waals surface area contributed by atoms with Gasteiger partial charge >= 0.3 is 5.97 Å². The van der Waals surface area contributed by atoms with E-state index in [1.807, 2.05) is 12.1 Å². The molecule has 2 aliphatic rings. The molecule has 228 valence electrons. The van der Waals surface area contributed by atoms with Gasteiger partial charge in [0.2, 0.25) is 21.8 Å². The Hall–Kier alpha value is -3.71. The molecule has 0 aromatic heterocycles. The monoisotopic (exact) mass is 600 g/mol. The molecule has 0 saturated carbocycles. The smallest absolute Gasteiger partial charge is 0.309 e. The molecule has 6 N–H and O–H groups in total. The number of fused-ring (bicyclic) bond motifs is 1. The minimum absolute atomic E-state index is 0.0411. The number of benzene rings is 2. The van der Waals surface area contributed by atoms with Gasteiger partial charge in [0.1, 0.15) is 5.54 Å². The summed E-state index contributed by atoms with van der Waals surface area (Å²) >= 11 is 0. The molecule has 4 atom stereocenters. The number of nitrogens with zero attached hydrogens (tertiary/aromatic N) is 2. The number of piperidine rings is 2. The maximum atomic E-state index is 13.6. The first kappa shape index (κ1) is 31.2. The predicted molar refractivity (Wildman–Crippen MR) is 158 cm³/mol. The van der Waals surface area contributed by atoms with Crippen molar-refractivity contribution >= 4 is 44.5 Å². The highest BCUT2D eigenvalue weighted by Crippen LogP contribution is 2.35. The van der Waals surface area contributed by atoms with E-state index >= 15 is 0 Å². The van der Waals surface area contributed by atoms with Gasteiger partial charge < -0.3 is 26.0 Å². The van der Waals surface area contributed by atoms with Crippen molar-refractivity contribution in [3.63, 3.8) is 0 Å². The highest BCUT2D eigenvalue weighted by Gasteiger charge is 2.43. The van der Waals surface area contributed by atoms with E-state index in [4.69, 9.17) is 21.6 Å². The second-order valence-corrected chi connectivity index (χ2v) is 13.2. The van der Waals surface area contributed by atoms with Gasteiger partial charge in [0.25, 0.3) is 0 Å². The lowest BCUT2D eigenvalue weighted by Crippen LogP contribution is -2.58. The van der Waals surface area contributed by atoms with Crippen LogP contribution >= 0.6 is 0 Å². The number of rotatable bonds is 9. The zero-order valence-corrected chi connectivity index (χ0v) is 24.9. The number of guanidine groups is 1. The Labute approximate surface area is 246 Å². The van der Waals surface area contributed by atoms with Gasteiger partial charge in [-0.05, 0) is 67.3 Å². The number of hydrogen-bond acceptors (Lipinski definition) is 7. The number of hydrogen-bond donors (Lipinski definition) is 4. The third-order valence-electron chi connectivity index (χ3n) is 8.54. The number of likely N-dealkylation sites (tertiary alicyclic amines) is 2. The Morgan fingerprint density at radius 1 is 1.02 bits per heavy atom. The van der Waals surface area contributed by atoms with Crippen LogP contribution in [-0.4, -0.2) is 80.8 Å². The molecule has 2 fully saturated rings. The van der Waals surface area contributed by atoms with Crippen molar-refractivity contribution in [2.75, 3.05) is 33.3 Å². The first-order chi connectivity index (χ1) is 19.8. The molecular weight excluding hydrogens is 560 g/mol. The van der Waals surface area contributed by atoms with Crippen LogP contribution in [-0.2, 0) is 29.1 Å². The molecule has 42 heavy (non-hydrogen) atoms. The summed E-state index contributed by atoms with van der Waals surface area (Å²) < 4.78 is 34.2. The Kier molecular flexibility index (Phi) is 9.41. The van der Waals surface area contributed by atoms with Crippen molar-refractivity contribution in [2.45, 2.75) is 49.5 Å². The molecule has 2 amide bonds. The van der Waals surface area contributed by atoms with Gasteiger partial charge in [0.15, 0.2) is 5.96 Å². The fourth-order valence-electron chi connectivity index (χ4n) is 6.24. The molecule has 3 unspecified atom stereocenters. The summed E-state index contributed by atoms with van der Waals surface area (Å²) in [5.41, 5.74) is 9.50. The minimum atomic E-state index is -4.21. The quantitative estimate of drug-likeness (QED) is 0.189. The molecule has 0 spiro atoms. The third-order valence-corrected chi connectivity index (χ3v) is 10.1. The van der Waals surface area contributed by atoms with E-state index in [-0.39, 0.29) is 35.2 Å². The zero-order valence-electron chi connectivity index (χ0n) is 24.0. The molecule has 0 aliphatic carbocycles. The molecule has 2 aromatic carbocycles. The molecule has 0 bridgehead atoms. The van der Waals surface area contributed by atoms with Crippen LogP contribution in [0.3, 0.4) is 0 Å². The van der Waals surface area contributed by atoms with E-state index in [2.05, 4.69) is 4.72 Å². The Morgan fingerprint density at radius 2 is 1.62 bits per heavy atom. The summed E-state index contributed by atoms with van der Waals surface area (Å²) in [5.74, 6) is -2.63. The molecule has 2 aliphatic heterocycles. The van der Waals surface area contributed by atoms with Crippen LogP contribution in [0, 0.1) is 23.2 Å². The molecule has 2 aromatic rings. The van der Waals surface area contributed by atoms with Gasteiger partial charge in [-0.1, -0.05) is 30.3 Å². The summed E-state index contributed by atoms with van der Waals surface area (Å²) in [6, 6.07) is 11.9. The van der Waals surface area contributed by atoms with Crippen molar-refractivity contribution in [1.82, 2.24) is 14.5 Å². The van der Waals surface area contributed by atoms with E-state index in [9.17, 15) is 22.8 Å². The van der Waals surface area contributed by atoms with E-state index in [1.54, 1.807) is 28.0 Å². The van der Waals surface area contributed by atoms with Gasteiger partial charge in [-0.25, -0.2) is 8.42 Å². The van der Waals surface area contributed by atoms with Crippen molar-refractivity contribution < 1.29 is 27.5 Å². The number of amides is 2. The van der Waals surface area contributed by atoms with Gasteiger partial charge in [0.05, 0.1) is 24.3 Å².